The van der Waals surface area contributed by atoms with E-state index in [9.17, 15) is 5.11 Å². The van der Waals surface area contributed by atoms with Gasteiger partial charge in [-0.1, -0.05) is 511 Å². The molecule has 0 radical (unpaired) electrons. The van der Waals surface area contributed by atoms with Gasteiger partial charge in [0.2, 0.25) is 0 Å². The second-order valence-corrected chi connectivity index (χ2v) is 34.4. The molecule has 0 heterocycles. The summed E-state index contributed by atoms with van der Waals surface area (Å²) in [6.07, 6.45) is 10.5. The van der Waals surface area contributed by atoms with Gasteiger partial charge in [0.15, 0.2) is 0 Å². The van der Waals surface area contributed by atoms with Gasteiger partial charge in [-0.05, 0) is 296 Å². The Morgan fingerprint density at radius 3 is 0.891 bits per heavy atom. The molecule has 0 aliphatic heterocycles. The number of phenolic OH excluding ortho intramolecular Hbond substituents is 3. The predicted octanol–water partition coefficient (Wildman–Crippen LogP) is 43.3. The van der Waals surface area contributed by atoms with Crippen LogP contribution in [0, 0.1) is 0 Å². The Labute approximate surface area is 833 Å². The molecule has 9 atom stereocenters. The van der Waals surface area contributed by atoms with Crippen LogP contribution in [-0.4, -0.2) is 15.3 Å². The smallest absolute Gasteiger partial charge is 0.119 e. The summed E-state index contributed by atoms with van der Waals surface area (Å²) in [5.74, 6) is 6.62. The van der Waals surface area contributed by atoms with Gasteiger partial charge in [0.05, 0.1) is 0 Å². The molecule has 0 aromatic heterocycles. The molecule has 0 saturated heterocycles. The molecule has 0 amide bonds. The highest BCUT2D eigenvalue weighted by Crippen LogP contribution is 2.37. The van der Waals surface area contributed by atoms with Crippen molar-refractivity contribution in [3.05, 3.63) is 402 Å². The second-order valence-electron chi connectivity index (χ2n) is 34.4. The van der Waals surface area contributed by atoms with Crippen molar-refractivity contribution in [3.8, 4) is 17.2 Å². The van der Waals surface area contributed by atoms with E-state index in [-0.39, 0.29) is 0 Å². The van der Waals surface area contributed by atoms with Gasteiger partial charge in [-0.3, -0.25) is 0 Å². The topological polar surface area (TPSA) is 60.7 Å². The Morgan fingerprint density at radius 2 is 0.431 bits per heavy atom. The van der Waals surface area contributed by atoms with Gasteiger partial charge in [-0.25, -0.2) is 0 Å². The maximum Gasteiger partial charge on any atom is 0.119 e. The largest absolute Gasteiger partial charge is 0.508 e. The zero-order chi connectivity index (χ0) is 102. The number of hydrogen-bond donors (Lipinski definition) is 3. The molecule has 137 heavy (non-hydrogen) atoms. The van der Waals surface area contributed by atoms with E-state index < -0.39 is 0 Å². The molecule has 0 fully saturated rings. The second kappa shape index (κ2) is 68.3. The van der Waals surface area contributed by atoms with E-state index in [1.54, 1.807) is 24.3 Å². The lowest BCUT2D eigenvalue weighted by atomic mass is 9.88. The van der Waals surface area contributed by atoms with E-state index in [4.69, 9.17) is 10.2 Å². The Kier molecular flexibility index (Phi) is 59.5. The van der Waals surface area contributed by atoms with Crippen LogP contribution in [0.15, 0.2) is 352 Å². The van der Waals surface area contributed by atoms with Crippen molar-refractivity contribution in [2.75, 3.05) is 0 Å². The van der Waals surface area contributed by atoms with Crippen molar-refractivity contribution in [2.45, 2.75) is 319 Å². The molecule has 17 rings (SSSR count). The van der Waals surface area contributed by atoms with E-state index >= 15 is 0 Å². The van der Waals surface area contributed by atoms with E-state index in [1.165, 1.54) is 169 Å². The third-order valence-electron chi connectivity index (χ3n) is 25.9. The average molecular weight is 1840 g/mol. The minimum Gasteiger partial charge on any atom is -0.508 e. The summed E-state index contributed by atoms with van der Waals surface area (Å²) in [7, 11) is 0. The monoisotopic (exact) mass is 1840 g/mol. The highest BCUT2D eigenvalue weighted by molar-refractivity contribution is 6.08. The molecule has 9 unspecified atom stereocenters. The summed E-state index contributed by atoms with van der Waals surface area (Å²) in [5.41, 5.74) is 12.3. The number of benzene rings is 17. The third-order valence-corrected chi connectivity index (χ3v) is 25.9. The van der Waals surface area contributed by atoms with Gasteiger partial charge in [0.1, 0.15) is 17.2 Å². The number of para-hydroxylation sites is 1. The fraction of sp³-hybridized carbons (Fsp3) is 0.358. The van der Waals surface area contributed by atoms with E-state index in [0.29, 0.717) is 70.5 Å². The molecule has 3 heteroatoms. The number of fused-ring (bicyclic) bond motifs is 9. The molecule has 0 saturated carbocycles. The van der Waals surface area contributed by atoms with Crippen molar-refractivity contribution in [2.24, 2.45) is 0 Å². The van der Waals surface area contributed by atoms with Gasteiger partial charge in [0, 0.05) is 0 Å². The lowest BCUT2D eigenvalue weighted by Gasteiger charge is -2.16. The van der Waals surface area contributed by atoms with Gasteiger partial charge in [-0.15, -0.1) is 0 Å². The molecular weight excluding hydrogens is 1660 g/mol. The number of phenols is 3. The number of hydrogen-bond acceptors (Lipinski definition) is 3. The molecule has 0 aliphatic carbocycles. The minimum atomic E-state index is 0.344. The molecule has 732 valence electrons. The van der Waals surface area contributed by atoms with Crippen LogP contribution in [0.2, 0.25) is 0 Å². The van der Waals surface area contributed by atoms with Crippen LogP contribution in [0.4, 0.5) is 0 Å². The lowest BCUT2D eigenvalue weighted by Crippen LogP contribution is -1.95. The van der Waals surface area contributed by atoms with Gasteiger partial charge < -0.3 is 15.3 Å². The SMILES string of the molecule is CC.CC.CC.CC.CC.CC.CCC(C)c1c2ccccc2cc2ccccc12.CCC(C)c1ccc(O)cc1.CCC(C)c1ccc2cc3ccccc3cc2c1.CCC(C)c1ccc2ccc3ccccc3c2c1.CCC(C)c1ccc2ccccc2c1.CCC(C)c1cccc(O)c1.CCC(C)c1cccc2ccccc12.CCC(C)c1ccccc1.CCC(C)c1ccccc1O. The molecule has 0 bridgehead atoms. The quantitative estimate of drug-likeness (QED) is 0.0593. The highest BCUT2D eigenvalue weighted by atomic mass is 16.3. The molecule has 17 aromatic carbocycles. The van der Waals surface area contributed by atoms with Crippen LogP contribution in [0.3, 0.4) is 0 Å². The fourth-order valence-electron chi connectivity index (χ4n) is 15.7. The first-order valence-electron chi connectivity index (χ1n) is 52.7. The minimum absolute atomic E-state index is 0.344. The zero-order valence-electron chi connectivity index (χ0n) is 90.4. The zero-order valence-corrected chi connectivity index (χ0v) is 90.4. The molecular formula is C134H178O3. The summed E-state index contributed by atoms with van der Waals surface area (Å²) in [4.78, 5) is 0. The first-order chi connectivity index (χ1) is 66.6. The normalized spacial score (nSPS) is 12.1. The Balaban J connectivity index is 0.000000394. The predicted molar refractivity (Wildman–Crippen MR) is 619 cm³/mol. The Morgan fingerprint density at radius 1 is 0.161 bits per heavy atom. The van der Waals surface area contributed by atoms with Gasteiger partial charge in [-0.2, -0.15) is 0 Å². The molecule has 17 aromatic rings. The maximum atomic E-state index is 9.41. The lowest BCUT2D eigenvalue weighted by molar-refractivity contribution is 0.462. The van der Waals surface area contributed by atoms with Crippen LogP contribution in [0.5, 0.6) is 17.2 Å². The average Bonchev–Trinajstić information content (AvgIpc) is 0.775. The summed E-state index contributed by atoms with van der Waals surface area (Å²) in [6, 6.07) is 123. The number of rotatable bonds is 18. The van der Waals surface area contributed by atoms with Crippen molar-refractivity contribution < 1.29 is 15.3 Å². The van der Waals surface area contributed by atoms with Crippen LogP contribution < -0.4 is 0 Å². The van der Waals surface area contributed by atoms with Crippen molar-refractivity contribution in [1.29, 1.82) is 0 Å². The van der Waals surface area contributed by atoms with Gasteiger partial charge in [0.25, 0.3) is 0 Å². The molecule has 0 spiro atoms. The van der Waals surface area contributed by atoms with E-state index in [1.807, 2.05) is 132 Å². The molecule has 3 nitrogen and oxygen atoms in total. The van der Waals surface area contributed by atoms with E-state index in [2.05, 4.69) is 404 Å². The van der Waals surface area contributed by atoms with Gasteiger partial charge >= 0.3 is 0 Å². The van der Waals surface area contributed by atoms with Crippen molar-refractivity contribution in [1.82, 2.24) is 0 Å². The molecule has 0 aliphatic rings. The standard InChI is InChI=1S/3C18H18.2C14H16.3C10H14O.C10H14.6C2H6/c1-3-13(2)18-16-10-6-4-8-14(16)12-15-9-5-7-11-17(15)18;1-3-13(2)14-8-9-17-11-15-6-4-5-7-16(15)12-18(17)10-14;1-3-13(2)16-11-10-15-9-8-14-6-4-5-7-17(14)18(15)12-16;1-3-11(2)13-10-6-8-12-7-4-5-9-14(12)13;1-3-11(2)13-9-8-12-6-4-5-7-14(12)10-13;1-3-8(2)9-4-6-10(11)7-5-9;1-3-8(2)9-5-4-6-10(11)7-9;1-3-8(2)9-6-4-5-7-10(9)11;1-3-9(2)10-7-5-4-6-8-10;6*1-2/h3*4-13H,3H2,1-2H3;2*4-11H,3H2,1-2H3;3*4-8,11H,3H2,1-2H3;4-9H,3H2,1-2H3;6*1-2H3. The third kappa shape index (κ3) is 37.9. The van der Waals surface area contributed by atoms with E-state index in [0.717, 1.165) is 24.8 Å². The van der Waals surface area contributed by atoms with Crippen molar-refractivity contribution >= 4 is 86.2 Å². The Bertz CT molecular complexity index is 6000. The first kappa shape index (κ1) is 119. The molecule has 3 N–H and O–H groups in total. The van der Waals surface area contributed by atoms with Crippen LogP contribution >= 0.6 is 0 Å². The Hall–Kier alpha value is -11.8. The fourth-order valence-corrected chi connectivity index (χ4v) is 15.7. The number of aromatic hydroxyl groups is 3. The first-order valence-corrected chi connectivity index (χ1v) is 52.7. The van der Waals surface area contributed by atoms with Crippen molar-refractivity contribution in [3.63, 3.8) is 0 Å². The summed E-state index contributed by atoms with van der Waals surface area (Å²) >= 11 is 0. The van der Waals surface area contributed by atoms with Crippen LogP contribution in [0.1, 0.15) is 369 Å². The summed E-state index contributed by atoms with van der Waals surface area (Å²) in [6.45, 7) is 64.1. The van der Waals surface area contributed by atoms with Crippen LogP contribution in [0.25, 0.3) is 86.2 Å². The van der Waals surface area contributed by atoms with Crippen LogP contribution in [-0.2, 0) is 0 Å². The summed E-state index contributed by atoms with van der Waals surface area (Å²) in [5, 5.41) is 49.3. The maximum absolute atomic E-state index is 9.41. The highest BCUT2D eigenvalue weighted by Gasteiger charge is 2.15. The summed E-state index contributed by atoms with van der Waals surface area (Å²) < 4.78 is 0.